The molecule has 0 aliphatic heterocycles. The number of halogens is 2. The SMILES string of the molecule is CCC[C@H](C)Nc1ccc(F)c(F)c1. The van der Waals surface area contributed by atoms with Gasteiger partial charge in [-0.2, -0.15) is 0 Å². The Morgan fingerprint density at radius 2 is 2.00 bits per heavy atom. The molecule has 3 heteroatoms. The van der Waals surface area contributed by atoms with E-state index in [0.717, 1.165) is 18.9 Å². The van der Waals surface area contributed by atoms with Crippen LogP contribution in [0.3, 0.4) is 0 Å². The Labute approximate surface area is 83.1 Å². The largest absolute Gasteiger partial charge is 0.383 e. The van der Waals surface area contributed by atoms with Crippen molar-refractivity contribution in [2.45, 2.75) is 32.7 Å². The van der Waals surface area contributed by atoms with E-state index in [4.69, 9.17) is 0 Å². The summed E-state index contributed by atoms with van der Waals surface area (Å²) >= 11 is 0. The van der Waals surface area contributed by atoms with E-state index in [1.54, 1.807) is 6.07 Å². The molecule has 1 aromatic carbocycles. The zero-order valence-electron chi connectivity index (χ0n) is 8.48. The Kier molecular flexibility index (Phi) is 3.86. The predicted octanol–water partition coefficient (Wildman–Crippen LogP) is 3.57. The summed E-state index contributed by atoms with van der Waals surface area (Å²) < 4.78 is 25.4. The number of hydrogen-bond acceptors (Lipinski definition) is 1. The quantitative estimate of drug-likeness (QED) is 0.781. The van der Waals surface area contributed by atoms with Gasteiger partial charge >= 0.3 is 0 Å². The molecule has 1 atom stereocenters. The van der Waals surface area contributed by atoms with Crippen molar-refractivity contribution in [3.63, 3.8) is 0 Å². The Morgan fingerprint density at radius 3 is 2.57 bits per heavy atom. The highest BCUT2D eigenvalue weighted by Gasteiger charge is 2.04. The highest BCUT2D eigenvalue weighted by Crippen LogP contribution is 2.14. The van der Waals surface area contributed by atoms with Crippen LogP contribution in [-0.2, 0) is 0 Å². The first-order chi connectivity index (χ1) is 6.63. The Hall–Kier alpha value is -1.12. The van der Waals surface area contributed by atoms with E-state index in [2.05, 4.69) is 12.2 Å². The fourth-order valence-corrected chi connectivity index (χ4v) is 1.38. The van der Waals surface area contributed by atoms with Gasteiger partial charge in [0.15, 0.2) is 11.6 Å². The minimum atomic E-state index is -0.807. The van der Waals surface area contributed by atoms with E-state index in [0.29, 0.717) is 5.69 Å². The third kappa shape index (κ3) is 2.98. The van der Waals surface area contributed by atoms with Crippen LogP contribution in [0.4, 0.5) is 14.5 Å². The molecule has 0 fully saturated rings. The van der Waals surface area contributed by atoms with Gasteiger partial charge in [0, 0.05) is 17.8 Å². The first kappa shape index (κ1) is 11.0. The van der Waals surface area contributed by atoms with Gasteiger partial charge in [0.05, 0.1) is 0 Å². The fourth-order valence-electron chi connectivity index (χ4n) is 1.38. The van der Waals surface area contributed by atoms with Gasteiger partial charge in [-0.3, -0.25) is 0 Å². The molecule has 1 nitrogen and oxygen atoms in total. The molecule has 0 unspecified atom stereocenters. The molecule has 0 amide bonds. The summed E-state index contributed by atoms with van der Waals surface area (Å²) in [6.45, 7) is 4.11. The van der Waals surface area contributed by atoms with Crippen LogP contribution in [0.25, 0.3) is 0 Å². The third-order valence-electron chi connectivity index (χ3n) is 2.05. The highest BCUT2D eigenvalue weighted by atomic mass is 19.2. The molecule has 1 N–H and O–H groups in total. The molecule has 0 radical (unpaired) electrons. The average Bonchev–Trinajstić information content (AvgIpc) is 2.12. The smallest absolute Gasteiger partial charge is 0.160 e. The maximum absolute atomic E-state index is 12.8. The van der Waals surface area contributed by atoms with Crippen molar-refractivity contribution in [2.24, 2.45) is 0 Å². The number of benzene rings is 1. The number of rotatable bonds is 4. The standard InChI is InChI=1S/C11H15F2N/c1-3-4-8(2)14-9-5-6-10(12)11(13)7-9/h5-8,14H,3-4H2,1-2H3/t8-/m0/s1. The monoisotopic (exact) mass is 199 g/mol. The summed E-state index contributed by atoms with van der Waals surface area (Å²) in [6.07, 6.45) is 2.08. The zero-order chi connectivity index (χ0) is 10.6. The highest BCUT2D eigenvalue weighted by molar-refractivity contribution is 5.44. The summed E-state index contributed by atoms with van der Waals surface area (Å²) in [7, 11) is 0. The molecule has 0 spiro atoms. The first-order valence-electron chi connectivity index (χ1n) is 4.85. The van der Waals surface area contributed by atoms with E-state index in [9.17, 15) is 8.78 Å². The minimum absolute atomic E-state index is 0.282. The van der Waals surface area contributed by atoms with Gasteiger partial charge in [-0.05, 0) is 25.5 Å². The lowest BCUT2D eigenvalue weighted by atomic mass is 10.2. The Balaban J connectivity index is 2.63. The Morgan fingerprint density at radius 1 is 1.29 bits per heavy atom. The molecular formula is C11H15F2N. The normalized spacial score (nSPS) is 12.6. The molecule has 1 aromatic rings. The van der Waals surface area contributed by atoms with E-state index < -0.39 is 11.6 Å². The molecular weight excluding hydrogens is 184 g/mol. The second-order valence-electron chi connectivity index (χ2n) is 3.46. The van der Waals surface area contributed by atoms with Crippen molar-refractivity contribution < 1.29 is 8.78 Å². The van der Waals surface area contributed by atoms with Gasteiger partial charge < -0.3 is 5.32 Å². The van der Waals surface area contributed by atoms with Crippen LogP contribution in [-0.4, -0.2) is 6.04 Å². The van der Waals surface area contributed by atoms with Gasteiger partial charge in [-0.1, -0.05) is 13.3 Å². The van der Waals surface area contributed by atoms with Crippen LogP contribution in [0.5, 0.6) is 0 Å². The third-order valence-corrected chi connectivity index (χ3v) is 2.05. The second-order valence-corrected chi connectivity index (χ2v) is 3.46. The van der Waals surface area contributed by atoms with E-state index in [-0.39, 0.29) is 6.04 Å². The van der Waals surface area contributed by atoms with Gasteiger partial charge in [0.1, 0.15) is 0 Å². The lowest BCUT2D eigenvalue weighted by Gasteiger charge is -2.14. The van der Waals surface area contributed by atoms with Crippen LogP contribution in [0.15, 0.2) is 18.2 Å². The fraction of sp³-hybridized carbons (Fsp3) is 0.455. The number of nitrogens with one attached hydrogen (secondary N) is 1. The van der Waals surface area contributed by atoms with Crippen LogP contribution in [0, 0.1) is 11.6 Å². The molecule has 0 heterocycles. The van der Waals surface area contributed by atoms with Crippen molar-refractivity contribution >= 4 is 5.69 Å². The first-order valence-corrected chi connectivity index (χ1v) is 4.85. The molecule has 0 aliphatic carbocycles. The van der Waals surface area contributed by atoms with E-state index >= 15 is 0 Å². The second kappa shape index (κ2) is 4.94. The molecule has 0 aromatic heterocycles. The van der Waals surface area contributed by atoms with Gasteiger partial charge in [0.25, 0.3) is 0 Å². The Bertz CT molecular complexity index is 299. The van der Waals surface area contributed by atoms with Gasteiger partial charge in [-0.15, -0.1) is 0 Å². The minimum Gasteiger partial charge on any atom is -0.383 e. The van der Waals surface area contributed by atoms with Crippen molar-refractivity contribution in [3.05, 3.63) is 29.8 Å². The lowest BCUT2D eigenvalue weighted by molar-refractivity contribution is 0.509. The number of anilines is 1. The van der Waals surface area contributed by atoms with Crippen LogP contribution >= 0.6 is 0 Å². The molecule has 0 aliphatic rings. The van der Waals surface area contributed by atoms with Crippen LogP contribution in [0.2, 0.25) is 0 Å². The summed E-state index contributed by atoms with van der Waals surface area (Å²) in [6, 6.07) is 4.15. The molecule has 78 valence electrons. The molecule has 0 saturated carbocycles. The average molecular weight is 199 g/mol. The van der Waals surface area contributed by atoms with Gasteiger partial charge in [0.2, 0.25) is 0 Å². The number of hydrogen-bond donors (Lipinski definition) is 1. The van der Waals surface area contributed by atoms with E-state index in [1.807, 2.05) is 6.92 Å². The van der Waals surface area contributed by atoms with Crippen molar-refractivity contribution in [1.82, 2.24) is 0 Å². The molecule has 0 bridgehead atoms. The van der Waals surface area contributed by atoms with Crippen LogP contribution < -0.4 is 5.32 Å². The van der Waals surface area contributed by atoms with E-state index in [1.165, 1.54) is 6.07 Å². The summed E-state index contributed by atoms with van der Waals surface area (Å²) in [5.41, 5.74) is 0.629. The predicted molar refractivity (Wildman–Crippen MR) is 54.4 cm³/mol. The molecule has 1 rings (SSSR count). The maximum atomic E-state index is 12.8. The summed E-state index contributed by atoms with van der Waals surface area (Å²) in [5, 5.41) is 3.10. The lowest BCUT2D eigenvalue weighted by Crippen LogP contribution is -2.14. The van der Waals surface area contributed by atoms with Crippen LogP contribution in [0.1, 0.15) is 26.7 Å². The maximum Gasteiger partial charge on any atom is 0.160 e. The van der Waals surface area contributed by atoms with Crippen molar-refractivity contribution in [1.29, 1.82) is 0 Å². The van der Waals surface area contributed by atoms with Crippen molar-refractivity contribution in [3.8, 4) is 0 Å². The summed E-state index contributed by atoms with van der Waals surface area (Å²) in [5.74, 6) is -1.61. The zero-order valence-corrected chi connectivity index (χ0v) is 8.48. The molecule has 14 heavy (non-hydrogen) atoms. The summed E-state index contributed by atoms with van der Waals surface area (Å²) in [4.78, 5) is 0. The van der Waals surface area contributed by atoms with Gasteiger partial charge in [-0.25, -0.2) is 8.78 Å². The van der Waals surface area contributed by atoms with Crippen molar-refractivity contribution in [2.75, 3.05) is 5.32 Å². The molecule has 0 saturated heterocycles. The topological polar surface area (TPSA) is 12.0 Å².